The number of aryl methyl sites for hydroxylation is 1. The maximum absolute atomic E-state index is 12.9. The van der Waals surface area contributed by atoms with Crippen molar-refractivity contribution in [1.29, 1.82) is 0 Å². The van der Waals surface area contributed by atoms with Crippen molar-refractivity contribution in [2.75, 3.05) is 18.6 Å². The van der Waals surface area contributed by atoms with Crippen molar-refractivity contribution >= 4 is 28.2 Å². The number of fused-ring (bicyclic) bond motifs is 2. The first-order chi connectivity index (χ1) is 14.0. The Labute approximate surface area is 165 Å². The van der Waals surface area contributed by atoms with E-state index in [2.05, 4.69) is 4.98 Å². The number of hydrogen-bond acceptors (Lipinski definition) is 6. The van der Waals surface area contributed by atoms with Crippen LogP contribution in [0.25, 0.3) is 10.9 Å². The van der Waals surface area contributed by atoms with E-state index in [4.69, 9.17) is 4.74 Å². The number of benzene rings is 2. The first-order valence-corrected chi connectivity index (χ1v) is 9.09. The van der Waals surface area contributed by atoms with Crippen molar-refractivity contribution in [2.45, 2.75) is 19.4 Å². The molecule has 1 aromatic heterocycles. The van der Waals surface area contributed by atoms with E-state index in [0.29, 0.717) is 12.1 Å². The Bertz CT molecular complexity index is 1190. The fourth-order valence-corrected chi connectivity index (χ4v) is 3.56. The Morgan fingerprint density at radius 1 is 1.28 bits per heavy atom. The summed E-state index contributed by atoms with van der Waals surface area (Å²) < 4.78 is 6.44. The normalized spacial score (nSPS) is 13.2. The molecule has 0 bridgehead atoms. The van der Waals surface area contributed by atoms with Crippen LogP contribution in [-0.4, -0.2) is 34.0 Å². The van der Waals surface area contributed by atoms with Gasteiger partial charge in [0.1, 0.15) is 12.3 Å². The van der Waals surface area contributed by atoms with Crippen LogP contribution in [0.15, 0.2) is 47.5 Å². The molecule has 9 nitrogen and oxygen atoms in total. The molecular weight excluding hydrogens is 376 g/mol. The van der Waals surface area contributed by atoms with Gasteiger partial charge in [0.15, 0.2) is 0 Å². The SMILES string of the molecule is COc1ccc2c(c1)CCCN2C(=O)Cn1cnc2ccc([N+](=O)[O-])cc2c1=O. The molecule has 0 N–H and O–H groups in total. The van der Waals surface area contributed by atoms with Crippen LogP contribution in [0.3, 0.4) is 0 Å². The summed E-state index contributed by atoms with van der Waals surface area (Å²) >= 11 is 0. The summed E-state index contributed by atoms with van der Waals surface area (Å²) in [6.07, 6.45) is 2.95. The Balaban J connectivity index is 1.66. The topological polar surface area (TPSA) is 108 Å². The third-order valence-corrected chi connectivity index (χ3v) is 5.03. The molecule has 0 unspecified atom stereocenters. The van der Waals surface area contributed by atoms with Crippen LogP contribution in [0.2, 0.25) is 0 Å². The van der Waals surface area contributed by atoms with E-state index in [1.807, 2.05) is 12.1 Å². The number of non-ortho nitro benzene ring substituents is 1. The first-order valence-electron chi connectivity index (χ1n) is 9.09. The minimum absolute atomic E-state index is 0.110. The average molecular weight is 394 g/mol. The number of nitrogens with zero attached hydrogens (tertiary/aromatic N) is 4. The molecule has 4 rings (SSSR count). The molecule has 0 radical (unpaired) electrons. The van der Waals surface area contributed by atoms with Gasteiger partial charge < -0.3 is 9.64 Å². The monoisotopic (exact) mass is 394 g/mol. The zero-order chi connectivity index (χ0) is 20.5. The van der Waals surface area contributed by atoms with Crippen molar-refractivity contribution in [1.82, 2.24) is 9.55 Å². The number of nitro groups is 1. The third kappa shape index (κ3) is 3.42. The Hall–Kier alpha value is -3.75. The zero-order valence-electron chi connectivity index (χ0n) is 15.7. The second kappa shape index (κ2) is 7.34. The molecule has 3 aromatic rings. The summed E-state index contributed by atoms with van der Waals surface area (Å²) in [5, 5.41) is 11.1. The second-order valence-electron chi connectivity index (χ2n) is 6.78. The van der Waals surface area contributed by atoms with Gasteiger partial charge in [0.2, 0.25) is 5.91 Å². The van der Waals surface area contributed by atoms with Crippen molar-refractivity contribution < 1.29 is 14.5 Å². The van der Waals surface area contributed by atoms with Crippen molar-refractivity contribution in [2.24, 2.45) is 0 Å². The van der Waals surface area contributed by atoms with E-state index < -0.39 is 10.5 Å². The Kier molecular flexibility index (Phi) is 4.71. The van der Waals surface area contributed by atoms with E-state index >= 15 is 0 Å². The summed E-state index contributed by atoms with van der Waals surface area (Å²) in [5.41, 5.74) is 1.49. The number of carbonyl (C=O) groups excluding carboxylic acids is 1. The lowest BCUT2D eigenvalue weighted by Crippen LogP contribution is -2.39. The maximum atomic E-state index is 12.9. The Morgan fingerprint density at radius 3 is 2.86 bits per heavy atom. The molecule has 1 aliphatic rings. The maximum Gasteiger partial charge on any atom is 0.270 e. The lowest BCUT2D eigenvalue weighted by molar-refractivity contribution is -0.384. The lowest BCUT2D eigenvalue weighted by atomic mass is 10.0. The number of amides is 1. The molecule has 148 valence electrons. The molecule has 0 saturated heterocycles. The van der Waals surface area contributed by atoms with E-state index in [0.717, 1.165) is 29.8 Å². The molecule has 0 atom stereocenters. The van der Waals surface area contributed by atoms with Gasteiger partial charge in [-0.1, -0.05) is 0 Å². The predicted molar refractivity (Wildman–Crippen MR) is 106 cm³/mol. The van der Waals surface area contributed by atoms with Crippen molar-refractivity contribution in [3.63, 3.8) is 0 Å². The van der Waals surface area contributed by atoms with Gasteiger partial charge in [-0.05, 0) is 42.7 Å². The first kappa shape index (κ1) is 18.6. The highest BCUT2D eigenvalue weighted by molar-refractivity contribution is 5.94. The molecule has 1 amide bonds. The van der Waals surface area contributed by atoms with E-state index in [9.17, 15) is 19.7 Å². The van der Waals surface area contributed by atoms with Gasteiger partial charge in [0.25, 0.3) is 11.2 Å². The van der Waals surface area contributed by atoms with Gasteiger partial charge >= 0.3 is 0 Å². The number of rotatable bonds is 4. The molecule has 1 aliphatic heterocycles. The minimum atomic E-state index is -0.569. The van der Waals surface area contributed by atoms with Gasteiger partial charge in [-0.15, -0.1) is 0 Å². The summed E-state index contributed by atoms with van der Waals surface area (Å²) in [5.74, 6) is 0.486. The van der Waals surface area contributed by atoms with Crippen molar-refractivity contribution in [3.05, 3.63) is 68.8 Å². The molecule has 0 fully saturated rings. The van der Waals surface area contributed by atoms with Gasteiger partial charge in [0, 0.05) is 24.4 Å². The number of anilines is 1. The molecule has 0 saturated carbocycles. The summed E-state index contributed by atoms with van der Waals surface area (Å²) in [6.45, 7) is 0.356. The molecule has 9 heteroatoms. The second-order valence-corrected chi connectivity index (χ2v) is 6.78. The molecule has 29 heavy (non-hydrogen) atoms. The van der Waals surface area contributed by atoms with Crippen LogP contribution in [-0.2, 0) is 17.8 Å². The fourth-order valence-electron chi connectivity index (χ4n) is 3.56. The molecule has 0 aliphatic carbocycles. The van der Waals surface area contributed by atoms with Crippen LogP contribution in [0, 0.1) is 10.1 Å². The predicted octanol–water partition coefficient (Wildman–Crippen LogP) is 2.29. The zero-order valence-corrected chi connectivity index (χ0v) is 15.7. The minimum Gasteiger partial charge on any atom is -0.497 e. The Morgan fingerprint density at radius 2 is 2.10 bits per heavy atom. The van der Waals surface area contributed by atoms with E-state index in [-0.39, 0.29) is 23.5 Å². The number of carbonyl (C=O) groups is 1. The number of methoxy groups -OCH3 is 1. The quantitative estimate of drug-likeness (QED) is 0.496. The highest BCUT2D eigenvalue weighted by atomic mass is 16.6. The number of ether oxygens (including phenoxy) is 1. The van der Waals surface area contributed by atoms with Gasteiger partial charge in [-0.25, -0.2) is 4.98 Å². The van der Waals surface area contributed by atoms with Gasteiger partial charge in [0.05, 0.1) is 29.3 Å². The van der Waals surface area contributed by atoms with E-state index in [1.54, 1.807) is 18.1 Å². The molecule has 0 spiro atoms. The summed E-state index contributed by atoms with van der Waals surface area (Å²) in [4.78, 5) is 42.0. The van der Waals surface area contributed by atoms with Crippen LogP contribution >= 0.6 is 0 Å². The van der Waals surface area contributed by atoms with Crippen molar-refractivity contribution in [3.8, 4) is 5.75 Å². The molecular formula is C20H18N4O5. The van der Waals surface area contributed by atoms with Crippen LogP contribution < -0.4 is 15.2 Å². The highest BCUT2D eigenvalue weighted by Crippen LogP contribution is 2.30. The highest BCUT2D eigenvalue weighted by Gasteiger charge is 2.23. The molecule has 2 aromatic carbocycles. The summed E-state index contributed by atoms with van der Waals surface area (Å²) in [6, 6.07) is 9.47. The standard InChI is InChI=1S/C20H18N4O5/c1-29-15-5-7-18-13(9-15)3-2-8-23(18)19(25)11-22-12-21-17-6-4-14(24(27)28)10-16(17)20(22)26/h4-7,9-10,12H,2-3,8,11H2,1H3. The van der Waals surface area contributed by atoms with Crippen LogP contribution in [0.4, 0.5) is 11.4 Å². The molecule has 2 heterocycles. The number of aromatic nitrogens is 2. The smallest absolute Gasteiger partial charge is 0.270 e. The van der Waals surface area contributed by atoms with Gasteiger partial charge in [-0.3, -0.25) is 24.3 Å². The number of nitro benzene ring substituents is 1. The van der Waals surface area contributed by atoms with Gasteiger partial charge in [-0.2, -0.15) is 0 Å². The average Bonchev–Trinajstić information content (AvgIpc) is 2.74. The summed E-state index contributed by atoms with van der Waals surface area (Å²) in [7, 11) is 1.59. The lowest BCUT2D eigenvalue weighted by Gasteiger charge is -2.30. The largest absolute Gasteiger partial charge is 0.497 e. The number of hydrogen-bond donors (Lipinski definition) is 0. The van der Waals surface area contributed by atoms with Crippen LogP contribution in [0.1, 0.15) is 12.0 Å². The van der Waals surface area contributed by atoms with Crippen LogP contribution in [0.5, 0.6) is 5.75 Å². The third-order valence-electron chi connectivity index (χ3n) is 5.03. The van der Waals surface area contributed by atoms with E-state index in [1.165, 1.54) is 29.1 Å². The fraction of sp³-hybridized carbons (Fsp3) is 0.250.